The van der Waals surface area contributed by atoms with E-state index in [1.807, 2.05) is 0 Å². The average molecular weight is 360 g/mol. The number of likely N-dealkylation sites (tertiary alicyclic amines) is 1. The summed E-state index contributed by atoms with van der Waals surface area (Å²) >= 11 is 0. The van der Waals surface area contributed by atoms with Gasteiger partial charge in [0.2, 0.25) is 5.91 Å². The summed E-state index contributed by atoms with van der Waals surface area (Å²) in [7, 11) is 0. The monoisotopic (exact) mass is 360 g/mol. The standard InChI is InChI=1S/C19H24N2O5/c20-17(22)9-12-5-7-14(8-6-12)26-11-18(23)21-15-4-2-1-3-13(15)10-16(21)19(24)25/h5-8,13,15-16H,1-4,9-11H2,(H2,20,22)(H,24,25)/t13-,15+,16-/m0/s1. The van der Waals surface area contributed by atoms with Crippen molar-refractivity contribution in [2.24, 2.45) is 11.7 Å². The Morgan fingerprint density at radius 2 is 1.85 bits per heavy atom. The molecule has 140 valence electrons. The molecular formula is C19H24N2O5. The zero-order valence-electron chi connectivity index (χ0n) is 14.6. The van der Waals surface area contributed by atoms with Crippen molar-refractivity contribution in [3.8, 4) is 5.75 Å². The average Bonchev–Trinajstić information content (AvgIpc) is 3.00. The summed E-state index contributed by atoms with van der Waals surface area (Å²) in [6.07, 6.45) is 4.66. The molecule has 0 spiro atoms. The summed E-state index contributed by atoms with van der Waals surface area (Å²) in [5.41, 5.74) is 5.92. The Balaban J connectivity index is 1.62. The highest BCUT2D eigenvalue weighted by molar-refractivity contribution is 5.85. The van der Waals surface area contributed by atoms with Crippen molar-refractivity contribution in [1.82, 2.24) is 4.90 Å². The van der Waals surface area contributed by atoms with Gasteiger partial charge in [0.25, 0.3) is 5.91 Å². The van der Waals surface area contributed by atoms with Crippen molar-refractivity contribution in [2.45, 2.75) is 50.6 Å². The maximum absolute atomic E-state index is 12.7. The van der Waals surface area contributed by atoms with Crippen LogP contribution < -0.4 is 10.5 Å². The number of carbonyl (C=O) groups excluding carboxylic acids is 2. The third-order valence-corrected chi connectivity index (χ3v) is 5.33. The first kappa shape index (κ1) is 18.2. The predicted molar refractivity (Wildman–Crippen MR) is 93.5 cm³/mol. The number of carbonyl (C=O) groups is 3. The number of hydrogen-bond acceptors (Lipinski definition) is 4. The van der Waals surface area contributed by atoms with E-state index < -0.39 is 17.9 Å². The Morgan fingerprint density at radius 1 is 1.15 bits per heavy atom. The second-order valence-electron chi connectivity index (χ2n) is 7.08. The Morgan fingerprint density at radius 3 is 2.50 bits per heavy atom. The highest BCUT2D eigenvalue weighted by Crippen LogP contribution is 2.39. The van der Waals surface area contributed by atoms with Gasteiger partial charge in [-0.25, -0.2) is 4.79 Å². The molecule has 2 amide bonds. The van der Waals surface area contributed by atoms with E-state index in [9.17, 15) is 19.5 Å². The van der Waals surface area contributed by atoms with E-state index in [1.165, 1.54) is 4.90 Å². The van der Waals surface area contributed by atoms with Gasteiger partial charge in [-0.2, -0.15) is 0 Å². The molecule has 26 heavy (non-hydrogen) atoms. The van der Waals surface area contributed by atoms with Crippen molar-refractivity contribution in [3.05, 3.63) is 29.8 Å². The lowest BCUT2D eigenvalue weighted by atomic mass is 9.85. The molecule has 0 radical (unpaired) electrons. The molecule has 3 N–H and O–H groups in total. The maximum Gasteiger partial charge on any atom is 0.326 e. The van der Waals surface area contributed by atoms with Crippen LogP contribution in [0.1, 0.15) is 37.7 Å². The third-order valence-electron chi connectivity index (χ3n) is 5.33. The Bertz CT molecular complexity index is 688. The number of fused-ring (bicyclic) bond motifs is 1. The zero-order chi connectivity index (χ0) is 18.7. The van der Waals surface area contributed by atoms with E-state index in [0.717, 1.165) is 31.2 Å². The number of rotatable bonds is 6. The minimum absolute atomic E-state index is 0.0129. The minimum Gasteiger partial charge on any atom is -0.484 e. The fraction of sp³-hybridized carbons (Fsp3) is 0.526. The highest BCUT2D eigenvalue weighted by atomic mass is 16.5. The number of primary amides is 1. The van der Waals surface area contributed by atoms with Gasteiger partial charge in [0.15, 0.2) is 6.61 Å². The van der Waals surface area contributed by atoms with Crippen LogP contribution in [0.4, 0.5) is 0 Å². The summed E-state index contributed by atoms with van der Waals surface area (Å²) in [5.74, 6) is -0.860. The third kappa shape index (κ3) is 3.98. The molecule has 7 nitrogen and oxygen atoms in total. The van der Waals surface area contributed by atoms with E-state index in [0.29, 0.717) is 12.2 Å². The van der Waals surface area contributed by atoms with E-state index >= 15 is 0 Å². The van der Waals surface area contributed by atoms with Crippen LogP contribution in [0.5, 0.6) is 5.75 Å². The van der Waals surface area contributed by atoms with Crippen molar-refractivity contribution < 1.29 is 24.2 Å². The SMILES string of the molecule is NC(=O)Cc1ccc(OCC(=O)N2[C@@H]3CCCC[C@H]3C[C@H]2C(=O)O)cc1. The Labute approximate surface area is 152 Å². The first-order chi connectivity index (χ1) is 12.5. The smallest absolute Gasteiger partial charge is 0.326 e. The first-order valence-corrected chi connectivity index (χ1v) is 8.99. The van der Waals surface area contributed by atoms with E-state index in [1.54, 1.807) is 24.3 Å². The van der Waals surface area contributed by atoms with Gasteiger partial charge in [0.1, 0.15) is 11.8 Å². The second-order valence-corrected chi connectivity index (χ2v) is 7.08. The molecule has 0 bridgehead atoms. The van der Waals surface area contributed by atoms with Gasteiger partial charge in [-0.3, -0.25) is 9.59 Å². The first-order valence-electron chi connectivity index (χ1n) is 8.99. The Hall–Kier alpha value is -2.57. The lowest BCUT2D eigenvalue weighted by Crippen LogP contribution is -2.48. The molecule has 1 aromatic rings. The number of hydrogen-bond donors (Lipinski definition) is 2. The van der Waals surface area contributed by atoms with Crippen LogP contribution in [0, 0.1) is 5.92 Å². The fourth-order valence-corrected chi connectivity index (χ4v) is 4.16. The fourth-order valence-electron chi connectivity index (χ4n) is 4.16. The van der Waals surface area contributed by atoms with E-state index in [2.05, 4.69) is 0 Å². The molecule has 1 saturated heterocycles. The van der Waals surface area contributed by atoms with Crippen molar-refractivity contribution in [1.29, 1.82) is 0 Å². The number of carboxylic acids is 1. The van der Waals surface area contributed by atoms with Crippen LogP contribution in [0.15, 0.2) is 24.3 Å². The summed E-state index contributed by atoms with van der Waals surface area (Å²) in [6.45, 7) is -0.192. The van der Waals surface area contributed by atoms with Crippen LogP contribution in [0.3, 0.4) is 0 Å². The van der Waals surface area contributed by atoms with Crippen LogP contribution in [-0.2, 0) is 20.8 Å². The van der Waals surface area contributed by atoms with E-state index in [-0.39, 0.29) is 30.9 Å². The lowest BCUT2D eigenvalue weighted by Gasteiger charge is -2.32. The van der Waals surface area contributed by atoms with Crippen molar-refractivity contribution in [2.75, 3.05) is 6.61 Å². The molecular weight excluding hydrogens is 336 g/mol. The topological polar surface area (TPSA) is 110 Å². The molecule has 3 atom stereocenters. The molecule has 1 aromatic carbocycles. The summed E-state index contributed by atoms with van der Waals surface area (Å²) in [4.78, 5) is 36.7. The van der Waals surface area contributed by atoms with Gasteiger partial charge < -0.3 is 20.5 Å². The minimum atomic E-state index is -0.941. The summed E-state index contributed by atoms with van der Waals surface area (Å²) < 4.78 is 5.55. The second kappa shape index (κ2) is 7.76. The number of ether oxygens (including phenoxy) is 1. The molecule has 1 aliphatic heterocycles. The number of nitrogens with zero attached hydrogens (tertiary/aromatic N) is 1. The molecule has 2 fully saturated rings. The molecule has 0 aromatic heterocycles. The predicted octanol–water partition coefficient (Wildman–Crippen LogP) is 1.34. The van der Waals surface area contributed by atoms with Gasteiger partial charge >= 0.3 is 5.97 Å². The summed E-state index contributed by atoms with van der Waals surface area (Å²) in [5, 5.41) is 9.49. The number of benzene rings is 1. The number of aliphatic carboxylic acids is 1. The van der Waals surface area contributed by atoms with Gasteiger partial charge in [-0.05, 0) is 42.9 Å². The zero-order valence-corrected chi connectivity index (χ0v) is 14.6. The number of carboxylic acid groups (broad SMARTS) is 1. The Kier molecular flexibility index (Phi) is 5.44. The van der Waals surface area contributed by atoms with Gasteiger partial charge in [0, 0.05) is 6.04 Å². The van der Waals surface area contributed by atoms with Crippen molar-refractivity contribution in [3.63, 3.8) is 0 Å². The number of nitrogens with two attached hydrogens (primary N) is 1. The van der Waals surface area contributed by atoms with Crippen LogP contribution in [-0.4, -0.2) is 46.5 Å². The highest BCUT2D eigenvalue weighted by Gasteiger charge is 2.47. The van der Waals surface area contributed by atoms with Crippen LogP contribution in [0.25, 0.3) is 0 Å². The van der Waals surface area contributed by atoms with Crippen LogP contribution in [0.2, 0.25) is 0 Å². The molecule has 1 heterocycles. The molecule has 1 aliphatic carbocycles. The van der Waals surface area contributed by atoms with Gasteiger partial charge in [-0.1, -0.05) is 25.0 Å². The largest absolute Gasteiger partial charge is 0.484 e. The molecule has 3 rings (SSSR count). The molecule has 7 heteroatoms. The maximum atomic E-state index is 12.7. The quantitative estimate of drug-likeness (QED) is 0.795. The lowest BCUT2D eigenvalue weighted by molar-refractivity contribution is -0.150. The van der Waals surface area contributed by atoms with Gasteiger partial charge in [-0.15, -0.1) is 0 Å². The summed E-state index contributed by atoms with van der Waals surface area (Å²) in [6, 6.07) is 6.05. The van der Waals surface area contributed by atoms with Crippen molar-refractivity contribution >= 4 is 17.8 Å². The van der Waals surface area contributed by atoms with E-state index in [4.69, 9.17) is 10.5 Å². The molecule has 1 saturated carbocycles. The number of amides is 2. The van der Waals surface area contributed by atoms with Gasteiger partial charge in [0.05, 0.1) is 6.42 Å². The van der Waals surface area contributed by atoms with Crippen LogP contribution >= 0.6 is 0 Å². The molecule has 0 unspecified atom stereocenters. The normalized spacial score (nSPS) is 24.8. The molecule has 2 aliphatic rings.